The van der Waals surface area contributed by atoms with Crippen LogP contribution in [0.4, 0.5) is 0 Å². The van der Waals surface area contributed by atoms with Crippen molar-refractivity contribution in [1.82, 2.24) is 24.6 Å². The first-order valence-corrected chi connectivity index (χ1v) is 12.0. The first-order chi connectivity index (χ1) is 16.2. The third kappa shape index (κ3) is 4.41. The van der Waals surface area contributed by atoms with Crippen LogP contribution in [0.2, 0.25) is 0 Å². The molecule has 0 unspecified atom stereocenters. The zero-order chi connectivity index (χ0) is 22.6. The fourth-order valence-electron chi connectivity index (χ4n) is 4.16. The molecule has 0 aliphatic carbocycles. The number of pyridine rings is 1. The summed E-state index contributed by atoms with van der Waals surface area (Å²) in [5.41, 5.74) is 3.94. The van der Waals surface area contributed by atoms with E-state index in [2.05, 4.69) is 34.2 Å². The Morgan fingerprint density at radius 3 is 2.42 bits per heavy atom. The molecule has 2 aromatic carbocycles. The quantitative estimate of drug-likeness (QED) is 0.379. The van der Waals surface area contributed by atoms with E-state index in [-0.39, 0.29) is 5.91 Å². The van der Waals surface area contributed by atoms with Crippen molar-refractivity contribution < 1.29 is 4.79 Å². The molecule has 0 N–H and O–H groups in total. The number of para-hydroxylation sites is 1. The van der Waals surface area contributed by atoms with E-state index in [0.29, 0.717) is 11.0 Å². The molecule has 3 heterocycles. The summed E-state index contributed by atoms with van der Waals surface area (Å²) in [6.07, 6.45) is 5.65. The smallest absolute Gasteiger partial charge is 0.240 e. The maximum Gasteiger partial charge on any atom is 0.240 e. The van der Waals surface area contributed by atoms with Gasteiger partial charge in [0, 0.05) is 31.0 Å². The highest BCUT2D eigenvalue weighted by Gasteiger charge is 2.31. The number of thioether (sulfide) groups is 1. The monoisotopic (exact) mass is 455 g/mol. The number of likely N-dealkylation sites (tertiary alicyclic amines) is 1. The molecule has 7 heteroatoms. The molecule has 1 saturated heterocycles. The van der Waals surface area contributed by atoms with Crippen LogP contribution in [-0.4, -0.2) is 43.6 Å². The molecule has 0 spiro atoms. The van der Waals surface area contributed by atoms with E-state index in [1.54, 1.807) is 12.4 Å². The molecular weight excluding hydrogens is 430 g/mol. The third-order valence-corrected chi connectivity index (χ3v) is 7.06. The first-order valence-electron chi connectivity index (χ1n) is 11.1. The lowest BCUT2D eigenvalue weighted by Gasteiger charge is -2.23. The summed E-state index contributed by atoms with van der Waals surface area (Å²) in [6, 6.07) is 22.0. The minimum Gasteiger partial charge on any atom is -0.341 e. The molecule has 0 saturated carbocycles. The van der Waals surface area contributed by atoms with Gasteiger partial charge in [0.1, 0.15) is 5.25 Å². The molecule has 1 fully saturated rings. The minimum absolute atomic E-state index is 0.131. The second-order valence-corrected chi connectivity index (χ2v) is 9.18. The van der Waals surface area contributed by atoms with Crippen molar-refractivity contribution in [2.45, 2.75) is 30.2 Å². The second kappa shape index (κ2) is 9.58. The molecule has 1 atom stereocenters. The maximum atomic E-state index is 13.6. The van der Waals surface area contributed by atoms with Gasteiger partial charge >= 0.3 is 0 Å². The summed E-state index contributed by atoms with van der Waals surface area (Å²) in [4.78, 5) is 19.8. The Morgan fingerprint density at radius 1 is 0.939 bits per heavy atom. The highest BCUT2D eigenvalue weighted by molar-refractivity contribution is 8.00. The highest BCUT2D eigenvalue weighted by Crippen LogP contribution is 2.39. The number of hydrogen-bond donors (Lipinski definition) is 0. The lowest BCUT2D eigenvalue weighted by Crippen LogP contribution is -2.31. The lowest BCUT2D eigenvalue weighted by atomic mass is 10.1. The Balaban J connectivity index is 1.61. The predicted molar refractivity (Wildman–Crippen MR) is 130 cm³/mol. The summed E-state index contributed by atoms with van der Waals surface area (Å²) in [6.45, 7) is 3.70. The molecule has 0 radical (unpaired) electrons. The number of benzene rings is 2. The predicted octanol–water partition coefficient (Wildman–Crippen LogP) is 5.09. The average molecular weight is 456 g/mol. The van der Waals surface area contributed by atoms with Gasteiger partial charge < -0.3 is 4.90 Å². The van der Waals surface area contributed by atoms with E-state index in [4.69, 9.17) is 0 Å². The average Bonchev–Trinajstić information content (AvgIpc) is 3.54. The van der Waals surface area contributed by atoms with Gasteiger partial charge in [0.2, 0.25) is 5.91 Å². The SMILES string of the molecule is Cc1ccccc1-n1c(S[C@H](C(=O)N2CCCC2)c2ccccc2)nnc1-c1cccnc1. The topological polar surface area (TPSA) is 63.9 Å². The zero-order valence-electron chi connectivity index (χ0n) is 18.5. The molecule has 2 aromatic heterocycles. The first kappa shape index (κ1) is 21.4. The van der Waals surface area contributed by atoms with Crippen LogP contribution in [0.15, 0.2) is 84.3 Å². The zero-order valence-corrected chi connectivity index (χ0v) is 19.3. The van der Waals surface area contributed by atoms with Crippen molar-refractivity contribution in [3.63, 3.8) is 0 Å². The number of carbonyl (C=O) groups excluding carboxylic acids is 1. The molecular formula is C26H25N5OS. The number of aryl methyl sites for hydroxylation is 1. The van der Waals surface area contributed by atoms with Crippen molar-refractivity contribution in [3.8, 4) is 17.1 Å². The van der Waals surface area contributed by atoms with Gasteiger partial charge in [0.25, 0.3) is 0 Å². The van der Waals surface area contributed by atoms with E-state index < -0.39 is 5.25 Å². The minimum atomic E-state index is -0.391. The van der Waals surface area contributed by atoms with E-state index in [1.807, 2.05) is 64.1 Å². The number of carbonyl (C=O) groups is 1. The fourth-order valence-corrected chi connectivity index (χ4v) is 5.29. The van der Waals surface area contributed by atoms with Crippen molar-refractivity contribution in [1.29, 1.82) is 0 Å². The van der Waals surface area contributed by atoms with Gasteiger partial charge in [-0.05, 0) is 49.1 Å². The molecule has 33 heavy (non-hydrogen) atoms. The molecule has 0 bridgehead atoms. The summed E-state index contributed by atoms with van der Waals surface area (Å²) in [5, 5.41) is 9.39. The maximum absolute atomic E-state index is 13.6. The van der Waals surface area contributed by atoms with Gasteiger partial charge in [0.05, 0.1) is 5.69 Å². The van der Waals surface area contributed by atoms with Gasteiger partial charge in [-0.25, -0.2) is 0 Å². The molecule has 1 aliphatic rings. The number of amides is 1. The van der Waals surface area contributed by atoms with E-state index >= 15 is 0 Å². The van der Waals surface area contributed by atoms with E-state index in [0.717, 1.165) is 48.3 Å². The van der Waals surface area contributed by atoms with Crippen molar-refractivity contribution in [2.24, 2.45) is 0 Å². The normalized spacial score (nSPS) is 14.4. The lowest BCUT2D eigenvalue weighted by molar-refractivity contribution is -0.129. The molecule has 1 amide bonds. The Labute approximate surface area is 197 Å². The third-order valence-electron chi connectivity index (χ3n) is 5.88. The van der Waals surface area contributed by atoms with Crippen LogP contribution in [0, 0.1) is 6.92 Å². The number of hydrogen-bond acceptors (Lipinski definition) is 5. The van der Waals surface area contributed by atoms with Gasteiger partial charge in [-0.1, -0.05) is 60.3 Å². The summed E-state index contributed by atoms with van der Waals surface area (Å²) in [5.74, 6) is 0.839. The molecule has 5 rings (SSSR count). The fraction of sp³-hybridized carbons (Fsp3) is 0.231. The summed E-state index contributed by atoms with van der Waals surface area (Å²) < 4.78 is 2.05. The van der Waals surface area contributed by atoms with Crippen molar-refractivity contribution in [2.75, 3.05) is 13.1 Å². The molecule has 4 aromatic rings. The van der Waals surface area contributed by atoms with Crippen molar-refractivity contribution >= 4 is 17.7 Å². The van der Waals surface area contributed by atoms with Crippen LogP contribution < -0.4 is 0 Å². The van der Waals surface area contributed by atoms with Crippen LogP contribution in [0.5, 0.6) is 0 Å². The Hall–Kier alpha value is -3.45. The molecule has 1 aliphatic heterocycles. The van der Waals surface area contributed by atoms with Crippen LogP contribution >= 0.6 is 11.8 Å². The number of aromatic nitrogens is 4. The Kier molecular flexibility index (Phi) is 6.21. The second-order valence-electron chi connectivity index (χ2n) is 8.11. The van der Waals surface area contributed by atoms with Crippen LogP contribution in [0.25, 0.3) is 17.1 Å². The largest absolute Gasteiger partial charge is 0.341 e. The van der Waals surface area contributed by atoms with E-state index in [1.165, 1.54) is 11.8 Å². The highest BCUT2D eigenvalue weighted by atomic mass is 32.2. The Bertz CT molecular complexity index is 1240. The standard InChI is InChI=1S/C26H25N5OS/c1-19-10-5-6-14-22(19)31-24(21-13-9-15-27-18-21)28-29-26(31)33-23(20-11-3-2-4-12-20)25(32)30-16-7-8-17-30/h2-6,9-15,18,23H,7-8,16-17H2,1H3/t23-/m0/s1. The Morgan fingerprint density at radius 2 is 1.70 bits per heavy atom. The van der Waals surface area contributed by atoms with Gasteiger partial charge in [0.15, 0.2) is 11.0 Å². The van der Waals surface area contributed by atoms with Crippen molar-refractivity contribution in [3.05, 3.63) is 90.3 Å². The van der Waals surface area contributed by atoms with Crippen LogP contribution in [0.1, 0.15) is 29.2 Å². The summed E-state index contributed by atoms with van der Waals surface area (Å²) >= 11 is 1.46. The van der Waals surface area contributed by atoms with Crippen LogP contribution in [0.3, 0.4) is 0 Å². The summed E-state index contributed by atoms with van der Waals surface area (Å²) in [7, 11) is 0. The number of nitrogens with zero attached hydrogens (tertiary/aromatic N) is 5. The number of rotatable bonds is 6. The van der Waals surface area contributed by atoms with Gasteiger partial charge in [-0.3, -0.25) is 14.3 Å². The molecule has 166 valence electrons. The molecule has 6 nitrogen and oxygen atoms in total. The van der Waals surface area contributed by atoms with Gasteiger partial charge in [-0.15, -0.1) is 10.2 Å². The van der Waals surface area contributed by atoms with E-state index in [9.17, 15) is 4.79 Å². The van der Waals surface area contributed by atoms with Gasteiger partial charge in [-0.2, -0.15) is 0 Å². The van der Waals surface area contributed by atoms with Crippen LogP contribution in [-0.2, 0) is 4.79 Å².